The van der Waals surface area contributed by atoms with E-state index < -0.39 is 5.97 Å². The van der Waals surface area contributed by atoms with Crippen molar-refractivity contribution in [1.82, 2.24) is 0 Å². The van der Waals surface area contributed by atoms with E-state index in [1.807, 2.05) is 0 Å². The Labute approximate surface area is 87.8 Å². The molecule has 0 atom stereocenters. The van der Waals surface area contributed by atoms with Gasteiger partial charge >= 0.3 is 5.97 Å². The fourth-order valence-electron chi connectivity index (χ4n) is 1.05. The molecular weight excluding hydrogens is 196 g/mol. The Morgan fingerprint density at radius 2 is 2.13 bits per heavy atom. The molecule has 1 rings (SSSR count). The van der Waals surface area contributed by atoms with Crippen molar-refractivity contribution in [1.29, 1.82) is 0 Å². The summed E-state index contributed by atoms with van der Waals surface area (Å²) in [6, 6.07) is 6.70. The lowest BCUT2D eigenvalue weighted by molar-refractivity contribution is -0.145. The van der Waals surface area contributed by atoms with E-state index in [1.54, 1.807) is 31.2 Å². The summed E-state index contributed by atoms with van der Waals surface area (Å²) in [6.45, 7) is 1.85. The molecule has 0 aliphatic rings. The lowest BCUT2D eigenvalue weighted by Crippen LogP contribution is -2.15. The molecule has 80 valence electrons. The van der Waals surface area contributed by atoms with E-state index in [9.17, 15) is 9.59 Å². The number of benzene rings is 1. The summed E-state index contributed by atoms with van der Waals surface area (Å²) in [5.41, 5.74) is 0.418. The van der Waals surface area contributed by atoms with Crippen LogP contribution in [0.5, 0.6) is 5.75 Å². The largest absolute Gasteiger partial charge is 0.481 e. The summed E-state index contributed by atoms with van der Waals surface area (Å²) in [4.78, 5) is 21.6. The number of aldehydes is 1. The van der Waals surface area contributed by atoms with Gasteiger partial charge in [0.15, 0.2) is 12.9 Å². The summed E-state index contributed by atoms with van der Waals surface area (Å²) in [7, 11) is 0. The third kappa shape index (κ3) is 3.42. The minimum absolute atomic E-state index is 0.182. The third-order valence-electron chi connectivity index (χ3n) is 1.70. The second-order valence-electron chi connectivity index (χ2n) is 2.75. The predicted molar refractivity (Wildman–Crippen MR) is 54.0 cm³/mol. The summed E-state index contributed by atoms with van der Waals surface area (Å²) in [5.74, 6) is -0.0567. The second-order valence-corrected chi connectivity index (χ2v) is 2.75. The Bertz CT molecular complexity index is 346. The van der Waals surface area contributed by atoms with Gasteiger partial charge in [0.25, 0.3) is 0 Å². The van der Waals surface area contributed by atoms with Crippen LogP contribution in [0.1, 0.15) is 17.3 Å². The molecule has 0 aliphatic heterocycles. The van der Waals surface area contributed by atoms with E-state index in [0.29, 0.717) is 24.2 Å². The van der Waals surface area contributed by atoms with Gasteiger partial charge in [0.05, 0.1) is 12.2 Å². The van der Waals surface area contributed by atoms with Crippen LogP contribution in [0.15, 0.2) is 24.3 Å². The first-order chi connectivity index (χ1) is 7.27. The SMILES string of the molecule is CCOC(=O)COc1ccccc1C=O. The van der Waals surface area contributed by atoms with Crippen LogP contribution in [0, 0.1) is 0 Å². The zero-order chi connectivity index (χ0) is 11.1. The normalized spacial score (nSPS) is 9.40. The van der Waals surface area contributed by atoms with Crippen molar-refractivity contribution in [2.45, 2.75) is 6.92 Å². The average molecular weight is 208 g/mol. The van der Waals surface area contributed by atoms with E-state index in [1.165, 1.54) is 0 Å². The Kier molecular flexibility index (Phi) is 4.34. The molecule has 0 fully saturated rings. The molecule has 4 heteroatoms. The van der Waals surface area contributed by atoms with Gasteiger partial charge in [-0.15, -0.1) is 0 Å². The van der Waals surface area contributed by atoms with Gasteiger partial charge < -0.3 is 9.47 Å². The molecule has 0 saturated carbocycles. The van der Waals surface area contributed by atoms with E-state index in [-0.39, 0.29) is 6.61 Å². The van der Waals surface area contributed by atoms with Gasteiger partial charge in [-0.3, -0.25) is 4.79 Å². The number of rotatable bonds is 5. The Hall–Kier alpha value is -1.84. The van der Waals surface area contributed by atoms with Crippen molar-refractivity contribution in [3.8, 4) is 5.75 Å². The fraction of sp³-hybridized carbons (Fsp3) is 0.273. The van der Waals surface area contributed by atoms with Gasteiger partial charge in [0.2, 0.25) is 0 Å². The highest BCUT2D eigenvalue weighted by Crippen LogP contribution is 2.15. The van der Waals surface area contributed by atoms with Crippen LogP contribution in [0.2, 0.25) is 0 Å². The number of hydrogen-bond donors (Lipinski definition) is 0. The lowest BCUT2D eigenvalue weighted by atomic mass is 10.2. The standard InChI is InChI=1S/C11H12O4/c1-2-14-11(13)8-15-10-6-4-3-5-9(10)7-12/h3-7H,2,8H2,1H3. The van der Waals surface area contributed by atoms with Crippen molar-refractivity contribution >= 4 is 12.3 Å². The number of carbonyl (C=O) groups excluding carboxylic acids is 2. The minimum Gasteiger partial charge on any atom is -0.481 e. The molecule has 0 aliphatic carbocycles. The highest BCUT2D eigenvalue weighted by molar-refractivity contribution is 5.79. The molecule has 15 heavy (non-hydrogen) atoms. The Morgan fingerprint density at radius 3 is 2.80 bits per heavy atom. The highest BCUT2D eigenvalue weighted by Gasteiger charge is 2.05. The molecule has 0 amide bonds. The summed E-state index contributed by atoms with van der Waals surface area (Å²) >= 11 is 0. The Balaban J connectivity index is 2.57. The topological polar surface area (TPSA) is 52.6 Å². The molecule has 1 aromatic carbocycles. The maximum absolute atomic E-state index is 11.0. The average Bonchev–Trinajstić information content (AvgIpc) is 2.27. The van der Waals surface area contributed by atoms with Crippen molar-refractivity contribution in [2.24, 2.45) is 0 Å². The number of carbonyl (C=O) groups is 2. The van der Waals surface area contributed by atoms with E-state index in [0.717, 1.165) is 0 Å². The third-order valence-corrected chi connectivity index (χ3v) is 1.70. The maximum Gasteiger partial charge on any atom is 0.344 e. The zero-order valence-electron chi connectivity index (χ0n) is 8.43. The Morgan fingerprint density at radius 1 is 1.40 bits per heavy atom. The molecule has 0 saturated heterocycles. The van der Waals surface area contributed by atoms with E-state index in [4.69, 9.17) is 4.74 Å². The minimum atomic E-state index is -0.446. The first kappa shape index (κ1) is 11.2. The van der Waals surface area contributed by atoms with Gasteiger partial charge in [-0.25, -0.2) is 4.79 Å². The molecule has 0 radical (unpaired) electrons. The van der Waals surface area contributed by atoms with Gasteiger partial charge in [0.1, 0.15) is 5.75 Å². The smallest absolute Gasteiger partial charge is 0.344 e. The lowest BCUT2D eigenvalue weighted by Gasteiger charge is -2.06. The molecule has 4 nitrogen and oxygen atoms in total. The molecule has 0 bridgehead atoms. The molecule has 0 aromatic heterocycles. The molecule has 0 heterocycles. The van der Waals surface area contributed by atoms with Gasteiger partial charge in [0, 0.05) is 0 Å². The zero-order valence-corrected chi connectivity index (χ0v) is 8.43. The van der Waals surface area contributed by atoms with Crippen LogP contribution in [0.3, 0.4) is 0 Å². The number of para-hydroxylation sites is 1. The molecule has 0 unspecified atom stereocenters. The van der Waals surface area contributed by atoms with Crippen molar-refractivity contribution < 1.29 is 19.1 Å². The van der Waals surface area contributed by atoms with Crippen LogP contribution in [-0.2, 0) is 9.53 Å². The summed E-state index contributed by atoms with van der Waals surface area (Å²) in [6.07, 6.45) is 0.681. The van der Waals surface area contributed by atoms with Crippen molar-refractivity contribution in [3.63, 3.8) is 0 Å². The van der Waals surface area contributed by atoms with Gasteiger partial charge in [-0.05, 0) is 19.1 Å². The summed E-state index contributed by atoms with van der Waals surface area (Å²) < 4.78 is 9.82. The van der Waals surface area contributed by atoms with Gasteiger partial charge in [-0.1, -0.05) is 12.1 Å². The van der Waals surface area contributed by atoms with Crippen LogP contribution >= 0.6 is 0 Å². The molecular formula is C11H12O4. The summed E-state index contributed by atoms with van der Waals surface area (Å²) in [5, 5.41) is 0. The quantitative estimate of drug-likeness (QED) is 0.542. The van der Waals surface area contributed by atoms with Crippen LogP contribution in [0.25, 0.3) is 0 Å². The second kappa shape index (κ2) is 5.80. The fourth-order valence-corrected chi connectivity index (χ4v) is 1.05. The first-order valence-corrected chi connectivity index (χ1v) is 4.60. The number of esters is 1. The highest BCUT2D eigenvalue weighted by atomic mass is 16.6. The maximum atomic E-state index is 11.0. The number of hydrogen-bond acceptors (Lipinski definition) is 4. The van der Waals surface area contributed by atoms with Crippen LogP contribution in [-0.4, -0.2) is 25.5 Å². The van der Waals surface area contributed by atoms with Crippen LogP contribution < -0.4 is 4.74 Å². The van der Waals surface area contributed by atoms with Crippen molar-refractivity contribution in [3.05, 3.63) is 29.8 Å². The van der Waals surface area contributed by atoms with Crippen molar-refractivity contribution in [2.75, 3.05) is 13.2 Å². The number of ether oxygens (including phenoxy) is 2. The van der Waals surface area contributed by atoms with E-state index >= 15 is 0 Å². The molecule has 0 spiro atoms. The predicted octanol–water partition coefficient (Wildman–Crippen LogP) is 1.44. The van der Waals surface area contributed by atoms with Gasteiger partial charge in [-0.2, -0.15) is 0 Å². The van der Waals surface area contributed by atoms with Crippen LogP contribution in [0.4, 0.5) is 0 Å². The monoisotopic (exact) mass is 208 g/mol. The van der Waals surface area contributed by atoms with E-state index in [2.05, 4.69) is 4.74 Å². The molecule has 0 N–H and O–H groups in total. The first-order valence-electron chi connectivity index (χ1n) is 4.60. The molecule has 1 aromatic rings.